The van der Waals surface area contributed by atoms with Crippen molar-refractivity contribution >= 4 is 0 Å². The van der Waals surface area contributed by atoms with Crippen LogP contribution in [0, 0.1) is 0 Å². The van der Waals surface area contributed by atoms with E-state index >= 15 is 0 Å². The van der Waals surface area contributed by atoms with Crippen molar-refractivity contribution in [1.82, 2.24) is 0 Å². The second-order valence-electron chi connectivity index (χ2n) is 2.13. The van der Waals surface area contributed by atoms with Crippen LogP contribution in [0.25, 0.3) is 0 Å². The van der Waals surface area contributed by atoms with Gasteiger partial charge in [-0.15, -0.1) is 0 Å². The van der Waals surface area contributed by atoms with E-state index in [2.05, 4.69) is 18.2 Å². The molecule has 1 heteroatoms. The molecule has 1 atom stereocenters. The third-order valence-electron chi connectivity index (χ3n) is 1.33. The van der Waals surface area contributed by atoms with Gasteiger partial charge in [-0.25, -0.2) is 0 Å². The van der Waals surface area contributed by atoms with Crippen LogP contribution in [0.5, 0.6) is 0 Å². The van der Waals surface area contributed by atoms with E-state index in [0.29, 0.717) is 0 Å². The summed E-state index contributed by atoms with van der Waals surface area (Å²) in [7, 11) is 0. The molecule has 0 spiro atoms. The average Bonchev–Trinajstić information content (AvgIpc) is 2.12. The molecule has 0 fully saturated rings. The number of hydrogen-bond acceptors (Lipinski definition) is 1. The lowest BCUT2D eigenvalue weighted by Crippen LogP contribution is -2.15. The van der Waals surface area contributed by atoms with Crippen LogP contribution in [-0.4, -0.2) is 6.04 Å². The molecule has 0 saturated carbocycles. The Balaban J connectivity index is 2.58. The van der Waals surface area contributed by atoms with E-state index in [1.54, 1.807) is 0 Å². The molecule has 44 valence electrons. The van der Waals surface area contributed by atoms with Crippen molar-refractivity contribution < 1.29 is 0 Å². The van der Waals surface area contributed by atoms with Crippen molar-refractivity contribution in [3.05, 3.63) is 23.8 Å². The second kappa shape index (κ2) is 2.14. The molecule has 1 aliphatic rings. The third-order valence-corrected chi connectivity index (χ3v) is 1.33. The van der Waals surface area contributed by atoms with Gasteiger partial charge in [0.25, 0.3) is 0 Å². The molecule has 0 radical (unpaired) electrons. The average molecular weight is 109 g/mol. The molecule has 0 aromatic carbocycles. The molecule has 1 rings (SSSR count). The molecule has 0 amide bonds. The Hall–Kier alpha value is -0.560. The first-order chi connectivity index (χ1) is 3.80. The zero-order chi connectivity index (χ0) is 5.98. The van der Waals surface area contributed by atoms with Crippen LogP contribution in [-0.2, 0) is 0 Å². The van der Waals surface area contributed by atoms with Crippen molar-refractivity contribution in [2.45, 2.75) is 19.4 Å². The lowest BCUT2D eigenvalue weighted by atomic mass is 10.1. The molecule has 0 aliphatic heterocycles. The normalized spacial score (nSPS) is 21.0. The molecule has 0 heterocycles. The monoisotopic (exact) mass is 109 g/mol. The van der Waals surface area contributed by atoms with E-state index in [4.69, 9.17) is 5.73 Å². The van der Waals surface area contributed by atoms with Gasteiger partial charge >= 0.3 is 0 Å². The largest absolute Gasteiger partial charge is 0.324 e. The highest BCUT2D eigenvalue weighted by atomic mass is 14.6. The van der Waals surface area contributed by atoms with Crippen molar-refractivity contribution in [2.75, 3.05) is 0 Å². The highest BCUT2D eigenvalue weighted by Gasteiger charge is 2.00. The molecule has 1 aliphatic carbocycles. The molecule has 0 bridgehead atoms. The zero-order valence-corrected chi connectivity index (χ0v) is 5.09. The van der Waals surface area contributed by atoms with Gasteiger partial charge in [-0.2, -0.15) is 0 Å². The SMILES string of the molecule is CC(N)C1=CCC=C1. The molecule has 0 aromatic heterocycles. The van der Waals surface area contributed by atoms with E-state index in [-0.39, 0.29) is 6.04 Å². The van der Waals surface area contributed by atoms with E-state index in [1.165, 1.54) is 5.57 Å². The van der Waals surface area contributed by atoms with Gasteiger partial charge in [-0.3, -0.25) is 0 Å². The molecule has 8 heavy (non-hydrogen) atoms. The van der Waals surface area contributed by atoms with Crippen LogP contribution in [0.3, 0.4) is 0 Å². The maximum Gasteiger partial charge on any atom is 0.0262 e. The lowest BCUT2D eigenvalue weighted by Gasteiger charge is -2.00. The molecule has 0 saturated heterocycles. The number of hydrogen-bond donors (Lipinski definition) is 1. The lowest BCUT2D eigenvalue weighted by molar-refractivity contribution is 0.886. The van der Waals surface area contributed by atoms with Crippen molar-refractivity contribution in [3.8, 4) is 0 Å². The fraction of sp³-hybridized carbons (Fsp3) is 0.429. The van der Waals surface area contributed by atoms with Crippen molar-refractivity contribution in [2.24, 2.45) is 5.73 Å². The minimum absolute atomic E-state index is 0.216. The van der Waals surface area contributed by atoms with Gasteiger partial charge in [-0.05, 0) is 18.9 Å². The molecule has 1 nitrogen and oxygen atoms in total. The van der Waals surface area contributed by atoms with Gasteiger partial charge in [0, 0.05) is 6.04 Å². The Labute approximate surface area is 49.9 Å². The summed E-state index contributed by atoms with van der Waals surface area (Å²) in [5.74, 6) is 0. The predicted octanol–water partition coefficient (Wildman–Crippen LogP) is 1.22. The van der Waals surface area contributed by atoms with Gasteiger partial charge in [0.15, 0.2) is 0 Å². The summed E-state index contributed by atoms with van der Waals surface area (Å²) in [6.07, 6.45) is 7.44. The number of nitrogens with two attached hydrogens (primary N) is 1. The van der Waals surface area contributed by atoms with Crippen molar-refractivity contribution in [1.29, 1.82) is 0 Å². The van der Waals surface area contributed by atoms with Gasteiger partial charge in [0.2, 0.25) is 0 Å². The van der Waals surface area contributed by atoms with E-state index < -0.39 is 0 Å². The summed E-state index contributed by atoms with van der Waals surface area (Å²) in [6, 6.07) is 0.216. The smallest absolute Gasteiger partial charge is 0.0262 e. The molecule has 0 aromatic rings. The summed E-state index contributed by atoms with van der Waals surface area (Å²) in [5.41, 5.74) is 6.85. The van der Waals surface area contributed by atoms with Gasteiger partial charge in [0.1, 0.15) is 0 Å². The van der Waals surface area contributed by atoms with Crippen LogP contribution in [0.1, 0.15) is 13.3 Å². The first-order valence-electron chi connectivity index (χ1n) is 2.93. The van der Waals surface area contributed by atoms with Crippen molar-refractivity contribution in [3.63, 3.8) is 0 Å². The Morgan fingerprint density at radius 1 is 1.75 bits per heavy atom. The zero-order valence-electron chi connectivity index (χ0n) is 5.09. The molecule has 2 N–H and O–H groups in total. The highest BCUT2D eigenvalue weighted by molar-refractivity contribution is 5.29. The Morgan fingerprint density at radius 2 is 2.50 bits per heavy atom. The quantitative estimate of drug-likeness (QED) is 0.538. The van der Waals surface area contributed by atoms with Gasteiger partial charge in [0.05, 0.1) is 0 Å². The maximum absolute atomic E-state index is 5.58. The van der Waals surface area contributed by atoms with Crippen LogP contribution in [0.2, 0.25) is 0 Å². The fourth-order valence-corrected chi connectivity index (χ4v) is 0.814. The minimum atomic E-state index is 0.216. The standard InChI is InChI=1S/C7H11N/c1-6(8)7-4-2-3-5-7/h2,4-6H,3,8H2,1H3. The van der Waals surface area contributed by atoms with Gasteiger partial charge in [-0.1, -0.05) is 18.2 Å². The molecule has 1 unspecified atom stereocenters. The highest BCUT2D eigenvalue weighted by Crippen LogP contribution is 2.10. The summed E-state index contributed by atoms with van der Waals surface area (Å²) < 4.78 is 0. The summed E-state index contributed by atoms with van der Waals surface area (Å²) in [4.78, 5) is 0. The first kappa shape index (κ1) is 5.57. The maximum atomic E-state index is 5.58. The van der Waals surface area contributed by atoms with Crippen LogP contribution >= 0.6 is 0 Å². The molecular weight excluding hydrogens is 98.1 g/mol. The summed E-state index contributed by atoms with van der Waals surface area (Å²) in [5, 5.41) is 0. The van der Waals surface area contributed by atoms with E-state index in [1.807, 2.05) is 6.92 Å². The predicted molar refractivity (Wildman–Crippen MR) is 35.5 cm³/mol. The van der Waals surface area contributed by atoms with Crippen LogP contribution in [0.4, 0.5) is 0 Å². The fourth-order valence-electron chi connectivity index (χ4n) is 0.814. The second-order valence-corrected chi connectivity index (χ2v) is 2.13. The van der Waals surface area contributed by atoms with E-state index in [9.17, 15) is 0 Å². The van der Waals surface area contributed by atoms with E-state index in [0.717, 1.165) is 6.42 Å². The number of rotatable bonds is 1. The summed E-state index contributed by atoms with van der Waals surface area (Å²) in [6.45, 7) is 2.00. The first-order valence-corrected chi connectivity index (χ1v) is 2.93. The summed E-state index contributed by atoms with van der Waals surface area (Å²) >= 11 is 0. The third kappa shape index (κ3) is 0.984. The Bertz CT molecular complexity index is 131. The van der Waals surface area contributed by atoms with Crippen LogP contribution in [0.15, 0.2) is 23.8 Å². The Kier molecular flexibility index (Phi) is 1.49. The number of allylic oxidation sites excluding steroid dienone is 2. The topological polar surface area (TPSA) is 26.0 Å². The van der Waals surface area contributed by atoms with Crippen LogP contribution < -0.4 is 5.73 Å². The van der Waals surface area contributed by atoms with Gasteiger partial charge < -0.3 is 5.73 Å². The molecular formula is C7H11N. The minimum Gasteiger partial charge on any atom is -0.324 e. The Morgan fingerprint density at radius 3 is 2.75 bits per heavy atom.